The number of carbonyl (C=O) groups excluding carboxylic acids is 2. The minimum Gasteiger partial charge on any atom is -0.495 e. The fourth-order valence-corrected chi connectivity index (χ4v) is 4.90. The Bertz CT molecular complexity index is 1180. The van der Waals surface area contributed by atoms with E-state index < -0.39 is 28.0 Å². The number of anilines is 1. The highest BCUT2D eigenvalue weighted by molar-refractivity contribution is 7.89. The van der Waals surface area contributed by atoms with Crippen molar-refractivity contribution in [1.82, 2.24) is 4.31 Å². The Morgan fingerprint density at radius 3 is 2.47 bits per heavy atom. The fraction of sp³-hybridized carbons (Fsp3) is 0.348. The van der Waals surface area contributed by atoms with Gasteiger partial charge in [0.2, 0.25) is 10.0 Å². The number of hydrogen-bond donors (Lipinski definition) is 1. The SMILES string of the molecule is COc1ccc(CC(=O)OC(C)C(=O)Nc2ccc(C#N)cc2)cc1S(=O)(=O)N1CCOCC1. The summed E-state index contributed by atoms with van der Waals surface area (Å²) < 4.78 is 43.2. The molecule has 1 fully saturated rings. The zero-order chi connectivity index (χ0) is 24.7. The molecule has 0 radical (unpaired) electrons. The summed E-state index contributed by atoms with van der Waals surface area (Å²) >= 11 is 0. The van der Waals surface area contributed by atoms with Crippen molar-refractivity contribution in [2.75, 3.05) is 38.7 Å². The minimum absolute atomic E-state index is 0.0474. The number of benzene rings is 2. The minimum atomic E-state index is -3.85. The van der Waals surface area contributed by atoms with E-state index in [4.69, 9.17) is 19.5 Å². The first kappa shape index (κ1) is 25.2. The lowest BCUT2D eigenvalue weighted by Gasteiger charge is -2.26. The maximum absolute atomic E-state index is 13.1. The summed E-state index contributed by atoms with van der Waals surface area (Å²) in [6, 6.07) is 12.7. The van der Waals surface area contributed by atoms with Gasteiger partial charge in [-0.25, -0.2) is 8.42 Å². The quantitative estimate of drug-likeness (QED) is 0.556. The number of esters is 1. The number of nitrogens with zero attached hydrogens (tertiary/aromatic N) is 2. The molecule has 1 unspecified atom stereocenters. The van der Waals surface area contributed by atoms with Crippen molar-refractivity contribution < 1.29 is 32.2 Å². The van der Waals surface area contributed by atoms with Gasteiger partial charge in [0.1, 0.15) is 10.6 Å². The lowest BCUT2D eigenvalue weighted by Crippen LogP contribution is -2.40. The van der Waals surface area contributed by atoms with Crippen LogP contribution in [0.15, 0.2) is 47.4 Å². The van der Waals surface area contributed by atoms with Crippen molar-refractivity contribution in [3.63, 3.8) is 0 Å². The summed E-state index contributed by atoms with van der Waals surface area (Å²) in [4.78, 5) is 24.7. The Morgan fingerprint density at radius 1 is 1.18 bits per heavy atom. The third-order valence-electron chi connectivity index (χ3n) is 5.12. The van der Waals surface area contributed by atoms with E-state index >= 15 is 0 Å². The van der Waals surface area contributed by atoms with Gasteiger partial charge < -0.3 is 19.5 Å². The van der Waals surface area contributed by atoms with Crippen molar-refractivity contribution in [3.8, 4) is 11.8 Å². The van der Waals surface area contributed by atoms with Gasteiger partial charge in [0.25, 0.3) is 5.91 Å². The van der Waals surface area contributed by atoms with Gasteiger partial charge in [-0.05, 0) is 48.9 Å². The second-order valence-electron chi connectivity index (χ2n) is 7.49. The molecular formula is C23H25N3O7S. The molecule has 1 aliphatic rings. The highest BCUT2D eigenvalue weighted by Gasteiger charge is 2.30. The normalized spacial score (nSPS) is 15.1. The summed E-state index contributed by atoms with van der Waals surface area (Å²) in [6.07, 6.45) is -1.32. The van der Waals surface area contributed by atoms with Crippen molar-refractivity contribution in [2.45, 2.75) is 24.3 Å². The Morgan fingerprint density at radius 2 is 1.85 bits per heavy atom. The molecular weight excluding hydrogens is 462 g/mol. The Balaban J connectivity index is 1.66. The molecule has 0 aliphatic carbocycles. The van der Waals surface area contributed by atoms with Crippen molar-refractivity contribution in [1.29, 1.82) is 5.26 Å². The van der Waals surface area contributed by atoms with E-state index in [1.165, 1.54) is 30.5 Å². The van der Waals surface area contributed by atoms with Gasteiger partial charge in [0.15, 0.2) is 6.10 Å². The average molecular weight is 488 g/mol. The summed E-state index contributed by atoms with van der Waals surface area (Å²) in [5.41, 5.74) is 1.31. The first-order chi connectivity index (χ1) is 16.2. The predicted molar refractivity (Wildman–Crippen MR) is 122 cm³/mol. The van der Waals surface area contributed by atoms with Crippen LogP contribution in [0.25, 0.3) is 0 Å². The van der Waals surface area contributed by atoms with Crippen LogP contribution in [0.4, 0.5) is 5.69 Å². The van der Waals surface area contributed by atoms with Gasteiger partial charge in [0, 0.05) is 18.8 Å². The van der Waals surface area contributed by atoms with E-state index in [2.05, 4.69) is 5.32 Å². The molecule has 11 heteroatoms. The van der Waals surface area contributed by atoms with Crippen LogP contribution in [0.1, 0.15) is 18.1 Å². The second kappa shape index (κ2) is 11.1. The van der Waals surface area contributed by atoms with Crippen molar-refractivity contribution in [2.24, 2.45) is 0 Å². The molecule has 1 N–H and O–H groups in total. The molecule has 1 atom stereocenters. The molecule has 34 heavy (non-hydrogen) atoms. The predicted octanol–water partition coefficient (Wildman–Crippen LogP) is 1.70. The van der Waals surface area contributed by atoms with Gasteiger partial charge in [-0.2, -0.15) is 9.57 Å². The maximum Gasteiger partial charge on any atom is 0.311 e. The second-order valence-corrected chi connectivity index (χ2v) is 9.40. The first-order valence-electron chi connectivity index (χ1n) is 10.5. The number of amides is 1. The number of nitriles is 1. The molecule has 0 aromatic heterocycles. The Hall–Kier alpha value is -3.46. The lowest BCUT2D eigenvalue weighted by atomic mass is 10.1. The summed E-state index contributed by atoms with van der Waals surface area (Å²) in [5.74, 6) is -1.07. The molecule has 0 spiro atoms. The summed E-state index contributed by atoms with van der Waals surface area (Å²) in [6.45, 7) is 2.48. The highest BCUT2D eigenvalue weighted by Crippen LogP contribution is 2.28. The molecule has 1 saturated heterocycles. The largest absolute Gasteiger partial charge is 0.495 e. The summed E-state index contributed by atoms with van der Waals surface area (Å²) in [5, 5.41) is 11.4. The van der Waals surface area contributed by atoms with E-state index in [0.29, 0.717) is 30.0 Å². The summed E-state index contributed by atoms with van der Waals surface area (Å²) in [7, 11) is -2.48. The molecule has 180 valence electrons. The van der Waals surface area contributed by atoms with Crippen molar-refractivity contribution in [3.05, 3.63) is 53.6 Å². The van der Waals surface area contributed by atoms with Crippen LogP contribution in [0, 0.1) is 11.3 Å². The standard InChI is InChI=1S/C23H25N3O7S/c1-16(23(28)25-19-6-3-17(15-24)4-7-19)33-22(27)14-18-5-8-20(31-2)21(13-18)34(29,30)26-9-11-32-12-10-26/h3-8,13,16H,9-12,14H2,1-2H3,(H,25,28). The molecule has 2 aromatic rings. The number of nitrogens with one attached hydrogen (secondary N) is 1. The zero-order valence-corrected chi connectivity index (χ0v) is 19.6. The third-order valence-corrected chi connectivity index (χ3v) is 7.04. The molecule has 0 saturated carbocycles. The number of rotatable bonds is 8. The van der Waals surface area contributed by atoms with Gasteiger partial charge in [-0.15, -0.1) is 0 Å². The van der Waals surface area contributed by atoms with Gasteiger partial charge in [0.05, 0.1) is 38.4 Å². The number of sulfonamides is 1. The first-order valence-corrected chi connectivity index (χ1v) is 11.9. The van der Waals surface area contributed by atoms with E-state index in [1.54, 1.807) is 30.3 Å². The molecule has 1 heterocycles. The monoisotopic (exact) mass is 487 g/mol. The Kier molecular flexibility index (Phi) is 8.22. The van der Waals surface area contributed by atoms with Crippen LogP contribution in [0.3, 0.4) is 0 Å². The number of hydrogen-bond acceptors (Lipinski definition) is 8. The van der Waals surface area contributed by atoms with E-state index in [9.17, 15) is 18.0 Å². The van der Waals surface area contributed by atoms with Crippen LogP contribution in [0.5, 0.6) is 5.75 Å². The number of carbonyl (C=O) groups is 2. The van der Waals surface area contributed by atoms with E-state index in [1.807, 2.05) is 6.07 Å². The highest BCUT2D eigenvalue weighted by atomic mass is 32.2. The number of methoxy groups -OCH3 is 1. The molecule has 3 rings (SSSR count). The topological polar surface area (TPSA) is 135 Å². The molecule has 0 bridgehead atoms. The molecule has 1 amide bonds. The molecule has 10 nitrogen and oxygen atoms in total. The van der Waals surface area contributed by atoms with E-state index in [0.717, 1.165) is 0 Å². The smallest absolute Gasteiger partial charge is 0.311 e. The van der Waals surface area contributed by atoms with Crippen LogP contribution >= 0.6 is 0 Å². The Labute approximate surface area is 198 Å². The lowest BCUT2D eigenvalue weighted by molar-refractivity contribution is -0.152. The number of ether oxygens (including phenoxy) is 3. The molecule has 2 aromatic carbocycles. The van der Waals surface area contributed by atoms with Gasteiger partial charge in [-0.3, -0.25) is 9.59 Å². The molecule has 1 aliphatic heterocycles. The van der Waals surface area contributed by atoms with Gasteiger partial charge in [-0.1, -0.05) is 6.07 Å². The zero-order valence-electron chi connectivity index (χ0n) is 18.8. The van der Waals surface area contributed by atoms with E-state index in [-0.39, 0.29) is 30.2 Å². The van der Waals surface area contributed by atoms with Crippen LogP contribution in [0.2, 0.25) is 0 Å². The van der Waals surface area contributed by atoms with Crippen LogP contribution < -0.4 is 10.1 Å². The number of morpholine rings is 1. The maximum atomic E-state index is 13.1. The van der Waals surface area contributed by atoms with Crippen molar-refractivity contribution >= 4 is 27.6 Å². The third kappa shape index (κ3) is 6.11. The fourth-order valence-electron chi connectivity index (χ4n) is 3.29. The average Bonchev–Trinajstić information content (AvgIpc) is 2.84. The van der Waals surface area contributed by atoms with Crippen LogP contribution in [-0.2, 0) is 35.5 Å². The van der Waals surface area contributed by atoms with Gasteiger partial charge >= 0.3 is 5.97 Å². The van der Waals surface area contributed by atoms with Crippen LogP contribution in [-0.4, -0.2) is 64.1 Å².